The summed E-state index contributed by atoms with van der Waals surface area (Å²) in [4.78, 5) is 35.8. The van der Waals surface area contributed by atoms with Crippen LogP contribution in [-0.4, -0.2) is 30.9 Å². The third-order valence-corrected chi connectivity index (χ3v) is 4.39. The number of methoxy groups -OCH3 is 1. The van der Waals surface area contributed by atoms with Crippen LogP contribution in [0.3, 0.4) is 0 Å². The Morgan fingerprint density at radius 2 is 1.85 bits per heavy atom. The van der Waals surface area contributed by atoms with E-state index in [0.29, 0.717) is 11.3 Å². The molecular formula is C19H19BrN2O4. The molecule has 0 saturated heterocycles. The van der Waals surface area contributed by atoms with Crippen LogP contribution >= 0.6 is 15.9 Å². The topological polar surface area (TPSA) is 84.5 Å². The van der Waals surface area contributed by atoms with Crippen LogP contribution in [0.2, 0.25) is 0 Å². The molecule has 0 aliphatic heterocycles. The number of ether oxygens (including phenoxy) is 1. The summed E-state index contributed by atoms with van der Waals surface area (Å²) >= 11 is 3.43. The maximum atomic E-state index is 12.5. The number of anilines is 1. The van der Waals surface area contributed by atoms with Gasteiger partial charge in [-0.15, -0.1) is 0 Å². The van der Waals surface area contributed by atoms with Gasteiger partial charge in [-0.2, -0.15) is 0 Å². The summed E-state index contributed by atoms with van der Waals surface area (Å²) in [7, 11) is 1.28. The monoisotopic (exact) mass is 418 g/mol. The van der Waals surface area contributed by atoms with Crippen LogP contribution in [0, 0.1) is 0 Å². The molecule has 0 fully saturated rings. The molecule has 2 rings (SSSR count). The number of carbonyl (C=O) groups excluding carboxylic acids is 3. The van der Waals surface area contributed by atoms with E-state index in [9.17, 15) is 14.4 Å². The fourth-order valence-corrected chi connectivity index (χ4v) is 2.85. The zero-order valence-corrected chi connectivity index (χ0v) is 16.0. The zero-order valence-electron chi connectivity index (χ0n) is 14.4. The predicted molar refractivity (Wildman–Crippen MR) is 102 cm³/mol. The molecule has 2 aromatic carbocycles. The number of nitrogens with one attached hydrogen (secondary N) is 2. The summed E-state index contributed by atoms with van der Waals surface area (Å²) < 4.78 is 5.65. The second-order valence-corrected chi connectivity index (χ2v) is 6.46. The molecule has 6 nitrogen and oxygen atoms in total. The maximum absolute atomic E-state index is 12.5. The summed E-state index contributed by atoms with van der Waals surface area (Å²) in [6, 6.07) is 13.1. The van der Waals surface area contributed by atoms with Gasteiger partial charge in [0, 0.05) is 29.1 Å². The second-order valence-electron chi connectivity index (χ2n) is 5.61. The number of hydrogen-bond acceptors (Lipinski definition) is 4. The lowest BCUT2D eigenvalue weighted by Gasteiger charge is -2.17. The van der Waals surface area contributed by atoms with Crippen molar-refractivity contribution in [3.63, 3.8) is 0 Å². The molecular weight excluding hydrogens is 400 g/mol. The van der Waals surface area contributed by atoms with Crippen LogP contribution in [0.1, 0.15) is 22.8 Å². The molecule has 2 amide bonds. The van der Waals surface area contributed by atoms with Gasteiger partial charge in [0.25, 0.3) is 5.91 Å². The van der Waals surface area contributed by atoms with Crippen molar-refractivity contribution in [1.82, 2.24) is 5.32 Å². The summed E-state index contributed by atoms with van der Waals surface area (Å²) in [5, 5.41) is 5.31. The highest BCUT2D eigenvalue weighted by Crippen LogP contribution is 2.18. The molecule has 0 aliphatic carbocycles. The Hall–Kier alpha value is -2.67. The fraction of sp³-hybridized carbons (Fsp3) is 0.211. The Bertz CT molecular complexity index is 823. The van der Waals surface area contributed by atoms with E-state index in [1.807, 2.05) is 24.3 Å². The van der Waals surface area contributed by atoms with Gasteiger partial charge in [0.2, 0.25) is 5.91 Å². The Balaban J connectivity index is 2.17. The molecule has 1 atom stereocenters. The molecule has 0 aliphatic rings. The molecule has 0 aromatic heterocycles. The fourth-order valence-electron chi connectivity index (χ4n) is 2.40. The first-order valence-electron chi connectivity index (χ1n) is 7.90. The Morgan fingerprint density at radius 1 is 1.12 bits per heavy atom. The van der Waals surface area contributed by atoms with Gasteiger partial charge >= 0.3 is 5.97 Å². The van der Waals surface area contributed by atoms with Crippen LogP contribution in [0.15, 0.2) is 53.0 Å². The first kappa shape index (κ1) is 19.7. The van der Waals surface area contributed by atoms with E-state index >= 15 is 0 Å². The summed E-state index contributed by atoms with van der Waals surface area (Å²) in [5.74, 6) is -1.20. The van der Waals surface area contributed by atoms with Crippen LogP contribution in [0.4, 0.5) is 5.69 Å². The van der Waals surface area contributed by atoms with Crippen molar-refractivity contribution in [2.75, 3.05) is 12.4 Å². The Labute approximate surface area is 160 Å². The first-order chi connectivity index (χ1) is 12.4. The van der Waals surface area contributed by atoms with Gasteiger partial charge in [-0.05, 0) is 29.8 Å². The second kappa shape index (κ2) is 9.15. The van der Waals surface area contributed by atoms with Gasteiger partial charge < -0.3 is 15.4 Å². The van der Waals surface area contributed by atoms with Crippen molar-refractivity contribution in [1.29, 1.82) is 0 Å². The molecule has 136 valence electrons. The first-order valence-corrected chi connectivity index (χ1v) is 8.69. The van der Waals surface area contributed by atoms with Crippen LogP contribution in [0.25, 0.3) is 0 Å². The summed E-state index contributed by atoms with van der Waals surface area (Å²) in [5.41, 5.74) is 1.71. The molecule has 0 spiro atoms. The van der Waals surface area contributed by atoms with Gasteiger partial charge in [0.05, 0.1) is 7.11 Å². The molecule has 0 radical (unpaired) electrons. The van der Waals surface area contributed by atoms with E-state index in [1.165, 1.54) is 14.0 Å². The van der Waals surface area contributed by atoms with Crippen molar-refractivity contribution in [3.8, 4) is 0 Å². The number of amides is 2. The quantitative estimate of drug-likeness (QED) is 0.706. The molecule has 0 heterocycles. The minimum atomic E-state index is -0.837. The maximum Gasteiger partial charge on any atom is 0.328 e. The lowest BCUT2D eigenvalue weighted by atomic mass is 10.1. The standard InChI is InChI=1S/C19H19BrN2O4/c1-12(23)21-15-8-5-7-14(10-15)18(24)22-17(19(25)26-2)11-13-6-3-4-9-16(13)20/h3-10,17H,11H2,1-2H3,(H,21,23)(H,22,24)/t17-/m0/s1. The number of halogens is 1. The zero-order chi connectivity index (χ0) is 19.1. The van der Waals surface area contributed by atoms with E-state index in [0.717, 1.165) is 10.0 Å². The largest absolute Gasteiger partial charge is 0.467 e. The number of esters is 1. The van der Waals surface area contributed by atoms with Crippen molar-refractivity contribution < 1.29 is 19.1 Å². The molecule has 0 saturated carbocycles. The SMILES string of the molecule is COC(=O)[C@H](Cc1ccccc1Br)NC(=O)c1cccc(NC(C)=O)c1. The van der Waals surface area contributed by atoms with Gasteiger partial charge in [-0.3, -0.25) is 9.59 Å². The molecule has 2 N–H and O–H groups in total. The Kier molecular flexibility index (Phi) is 6.91. The number of rotatable bonds is 6. The lowest BCUT2D eigenvalue weighted by Crippen LogP contribution is -2.43. The predicted octanol–water partition coefficient (Wildman–Crippen LogP) is 2.92. The molecule has 26 heavy (non-hydrogen) atoms. The minimum Gasteiger partial charge on any atom is -0.467 e. The molecule has 0 bridgehead atoms. The van der Waals surface area contributed by atoms with E-state index < -0.39 is 17.9 Å². The van der Waals surface area contributed by atoms with Crippen molar-refractivity contribution in [2.45, 2.75) is 19.4 Å². The minimum absolute atomic E-state index is 0.232. The van der Waals surface area contributed by atoms with Crippen LogP contribution in [0.5, 0.6) is 0 Å². The van der Waals surface area contributed by atoms with Crippen molar-refractivity contribution >= 4 is 39.4 Å². The number of carbonyl (C=O) groups is 3. The van der Waals surface area contributed by atoms with E-state index in [4.69, 9.17) is 4.74 Å². The van der Waals surface area contributed by atoms with Gasteiger partial charge in [-0.25, -0.2) is 4.79 Å². The normalized spacial score (nSPS) is 11.3. The molecule has 2 aromatic rings. The van der Waals surface area contributed by atoms with Crippen molar-refractivity contribution in [3.05, 3.63) is 64.1 Å². The van der Waals surface area contributed by atoms with Gasteiger partial charge in [0.15, 0.2) is 0 Å². The van der Waals surface area contributed by atoms with Crippen LogP contribution < -0.4 is 10.6 Å². The smallest absolute Gasteiger partial charge is 0.328 e. The van der Waals surface area contributed by atoms with Crippen molar-refractivity contribution in [2.24, 2.45) is 0 Å². The average molecular weight is 419 g/mol. The number of benzene rings is 2. The highest BCUT2D eigenvalue weighted by Gasteiger charge is 2.23. The van der Waals surface area contributed by atoms with E-state index in [-0.39, 0.29) is 12.3 Å². The van der Waals surface area contributed by atoms with Crippen LogP contribution in [-0.2, 0) is 20.7 Å². The van der Waals surface area contributed by atoms with E-state index in [2.05, 4.69) is 26.6 Å². The Morgan fingerprint density at radius 3 is 2.50 bits per heavy atom. The third kappa shape index (κ3) is 5.42. The third-order valence-electron chi connectivity index (χ3n) is 3.62. The van der Waals surface area contributed by atoms with Gasteiger partial charge in [0.1, 0.15) is 6.04 Å². The number of hydrogen-bond donors (Lipinski definition) is 2. The highest BCUT2D eigenvalue weighted by atomic mass is 79.9. The summed E-state index contributed by atoms with van der Waals surface area (Å²) in [6.45, 7) is 1.39. The van der Waals surface area contributed by atoms with E-state index in [1.54, 1.807) is 24.3 Å². The molecule has 0 unspecified atom stereocenters. The highest BCUT2D eigenvalue weighted by molar-refractivity contribution is 9.10. The molecule has 7 heteroatoms. The average Bonchev–Trinajstić information content (AvgIpc) is 2.61. The summed E-state index contributed by atoms with van der Waals surface area (Å²) in [6.07, 6.45) is 0.283. The lowest BCUT2D eigenvalue weighted by molar-refractivity contribution is -0.142. The van der Waals surface area contributed by atoms with Gasteiger partial charge in [-0.1, -0.05) is 40.2 Å².